The van der Waals surface area contributed by atoms with E-state index < -0.39 is 0 Å². The van der Waals surface area contributed by atoms with Crippen molar-refractivity contribution in [2.75, 3.05) is 18.9 Å². The molecule has 0 radical (unpaired) electrons. The number of hydrogen-bond acceptors (Lipinski definition) is 4. The molecule has 1 amide bonds. The number of hydrogen-bond donors (Lipinski definition) is 1. The summed E-state index contributed by atoms with van der Waals surface area (Å²) in [6.45, 7) is 4.93. The lowest BCUT2D eigenvalue weighted by Gasteiger charge is -2.26. The number of anilines is 1. The van der Waals surface area contributed by atoms with Crippen LogP contribution in [0.1, 0.15) is 23.9 Å². The van der Waals surface area contributed by atoms with Gasteiger partial charge in [-0.1, -0.05) is 25.1 Å². The molecule has 0 aliphatic rings. The lowest BCUT2D eigenvalue weighted by atomic mass is 10.1. The van der Waals surface area contributed by atoms with Gasteiger partial charge in [0.25, 0.3) is 0 Å². The van der Waals surface area contributed by atoms with E-state index in [-0.39, 0.29) is 11.9 Å². The lowest BCUT2D eigenvalue weighted by Crippen LogP contribution is -2.42. The molecular weight excluding hydrogens is 294 g/mol. The number of para-hydroxylation sites is 1. The van der Waals surface area contributed by atoms with Crippen molar-refractivity contribution in [1.29, 1.82) is 0 Å². The van der Waals surface area contributed by atoms with E-state index in [0.717, 1.165) is 30.8 Å². The highest BCUT2D eigenvalue weighted by Gasteiger charge is 2.21. The van der Waals surface area contributed by atoms with Gasteiger partial charge in [0.2, 0.25) is 5.91 Å². The summed E-state index contributed by atoms with van der Waals surface area (Å²) in [6, 6.07) is 9.49. The minimum atomic E-state index is -0.117. The maximum Gasteiger partial charge on any atom is 0.241 e. The van der Waals surface area contributed by atoms with Crippen molar-refractivity contribution in [3.05, 3.63) is 46.4 Å². The number of aryl methyl sites for hydroxylation is 1. The second-order valence-corrected chi connectivity index (χ2v) is 6.31. The monoisotopic (exact) mass is 317 g/mol. The van der Waals surface area contributed by atoms with Gasteiger partial charge < -0.3 is 5.32 Å². The van der Waals surface area contributed by atoms with E-state index in [0.29, 0.717) is 0 Å². The number of benzene rings is 1. The Kier molecular flexibility index (Phi) is 6.10. The zero-order chi connectivity index (χ0) is 15.9. The molecule has 1 aromatic heterocycles. The molecule has 2 rings (SSSR count). The van der Waals surface area contributed by atoms with Crippen LogP contribution in [0.2, 0.25) is 0 Å². The van der Waals surface area contributed by atoms with E-state index in [1.54, 1.807) is 11.3 Å². The summed E-state index contributed by atoms with van der Waals surface area (Å²) in [7, 11) is 2.01. The van der Waals surface area contributed by atoms with Gasteiger partial charge in [-0.2, -0.15) is 0 Å². The molecule has 0 aliphatic carbocycles. The van der Waals surface area contributed by atoms with Gasteiger partial charge >= 0.3 is 0 Å². The highest BCUT2D eigenvalue weighted by molar-refractivity contribution is 7.09. The summed E-state index contributed by atoms with van der Waals surface area (Å²) in [4.78, 5) is 20.1. The van der Waals surface area contributed by atoms with Gasteiger partial charge in [0, 0.05) is 17.1 Å². The summed E-state index contributed by atoms with van der Waals surface area (Å²) >= 11 is 1.68. The number of aromatic nitrogens is 1. The van der Waals surface area contributed by atoms with Crippen molar-refractivity contribution in [2.45, 2.75) is 32.7 Å². The Morgan fingerprint density at radius 3 is 2.68 bits per heavy atom. The first-order chi connectivity index (χ1) is 10.6. The van der Waals surface area contributed by atoms with Gasteiger partial charge in [-0.25, -0.2) is 4.98 Å². The molecule has 0 bridgehead atoms. The highest BCUT2D eigenvalue weighted by atomic mass is 32.1. The van der Waals surface area contributed by atoms with Crippen molar-refractivity contribution < 1.29 is 4.79 Å². The smallest absolute Gasteiger partial charge is 0.241 e. The third kappa shape index (κ3) is 4.39. The number of carbonyl (C=O) groups excluding carboxylic acids is 1. The Morgan fingerprint density at radius 2 is 2.09 bits per heavy atom. The molecule has 1 atom stereocenters. The number of nitrogens with one attached hydrogen (secondary N) is 1. The minimum Gasteiger partial charge on any atom is -0.325 e. The summed E-state index contributed by atoms with van der Waals surface area (Å²) < 4.78 is 0. The van der Waals surface area contributed by atoms with Gasteiger partial charge in [0.05, 0.1) is 17.2 Å². The molecule has 0 fully saturated rings. The van der Waals surface area contributed by atoms with Crippen LogP contribution in [0, 0.1) is 6.92 Å². The first-order valence-electron chi connectivity index (χ1n) is 7.57. The summed E-state index contributed by atoms with van der Waals surface area (Å²) in [5.74, 6) is 0.0530. The Balaban J connectivity index is 1.92. The Bertz CT molecular complexity index is 597. The third-order valence-electron chi connectivity index (χ3n) is 3.80. The number of amides is 1. The van der Waals surface area contributed by atoms with Crippen molar-refractivity contribution in [2.24, 2.45) is 0 Å². The third-order valence-corrected chi connectivity index (χ3v) is 4.79. The molecule has 0 spiro atoms. The van der Waals surface area contributed by atoms with Crippen molar-refractivity contribution >= 4 is 22.9 Å². The van der Waals surface area contributed by atoms with Crippen LogP contribution in [0.3, 0.4) is 0 Å². The Hall–Kier alpha value is -1.72. The van der Waals surface area contributed by atoms with E-state index in [9.17, 15) is 4.79 Å². The first-order valence-corrected chi connectivity index (χ1v) is 8.45. The molecule has 5 heteroatoms. The van der Waals surface area contributed by atoms with Crippen molar-refractivity contribution in [3.8, 4) is 0 Å². The average Bonchev–Trinajstić information content (AvgIpc) is 2.92. The van der Waals surface area contributed by atoms with Gasteiger partial charge in [0.1, 0.15) is 0 Å². The van der Waals surface area contributed by atoms with E-state index in [1.165, 1.54) is 4.88 Å². The second kappa shape index (κ2) is 8.06. The molecule has 0 saturated heterocycles. The minimum absolute atomic E-state index is 0.0530. The van der Waals surface area contributed by atoms with Crippen LogP contribution in [-0.4, -0.2) is 35.4 Å². The molecule has 22 heavy (non-hydrogen) atoms. The maximum atomic E-state index is 12.5. The number of carbonyl (C=O) groups is 1. The molecule has 2 aromatic rings. The molecule has 118 valence electrons. The fraction of sp³-hybridized carbons (Fsp3) is 0.412. The quantitative estimate of drug-likeness (QED) is 0.852. The highest BCUT2D eigenvalue weighted by Crippen LogP contribution is 2.15. The van der Waals surface area contributed by atoms with E-state index in [4.69, 9.17) is 0 Å². The number of rotatable bonds is 7. The molecule has 4 nitrogen and oxygen atoms in total. The van der Waals surface area contributed by atoms with E-state index in [1.807, 2.05) is 56.7 Å². The Morgan fingerprint density at radius 1 is 1.36 bits per heavy atom. The maximum absolute atomic E-state index is 12.5. The Labute approximate surface area is 136 Å². The summed E-state index contributed by atoms with van der Waals surface area (Å²) in [6.07, 6.45) is 1.72. The molecule has 0 saturated carbocycles. The number of nitrogens with zero attached hydrogens (tertiary/aromatic N) is 2. The second-order valence-electron chi connectivity index (χ2n) is 5.37. The molecular formula is C17H23N3OS. The zero-order valence-electron chi connectivity index (χ0n) is 13.4. The van der Waals surface area contributed by atoms with E-state index in [2.05, 4.69) is 15.2 Å². The summed E-state index contributed by atoms with van der Waals surface area (Å²) in [5.41, 5.74) is 3.82. The van der Waals surface area contributed by atoms with Crippen LogP contribution in [0.4, 0.5) is 5.69 Å². The van der Waals surface area contributed by atoms with Crippen molar-refractivity contribution in [1.82, 2.24) is 9.88 Å². The summed E-state index contributed by atoms with van der Waals surface area (Å²) in [5, 5.41) is 2.99. The standard InChI is InChI=1S/C17H23N3OS/c1-4-15(17(21)19-14-8-6-5-7-9-14)20(3)11-10-16-13(2)18-12-22-16/h5-9,12,15H,4,10-11H2,1-3H3,(H,19,21). The fourth-order valence-corrected chi connectivity index (χ4v) is 3.21. The van der Waals surface area contributed by atoms with Gasteiger partial charge in [-0.15, -0.1) is 11.3 Å². The molecule has 0 aliphatic heterocycles. The first kappa shape index (κ1) is 16.6. The fourth-order valence-electron chi connectivity index (χ4n) is 2.44. The molecule has 1 aromatic carbocycles. The lowest BCUT2D eigenvalue weighted by molar-refractivity contribution is -0.120. The number of likely N-dealkylation sites (N-methyl/N-ethyl adjacent to an activating group) is 1. The van der Waals surface area contributed by atoms with Crippen molar-refractivity contribution in [3.63, 3.8) is 0 Å². The SMILES string of the molecule is CCC(C(=O)Nc1ccccc1)N(C)CCc1scnc1C. The molecule has 1 N–H and O–H groups in total. The van der Waals surface area contributed by atoms with Gasteiger partial charge in [0.15, 0.2) is 0 Å². The zero-order valence-corrected chi connectivity index (χ0v) is 14.2. The normalized spacial score (nSPS) is 12.4. The largest absolute Gasteiger partial charge is 0.325 e. The predicted octanol–water partition coefficient (Wildman–Crippen LogP) is 3.34. The van der Waals surface area contributed by atoms with Crippen LogP contribution >= 0.6 is 11.3 Å². The van der Waals surface area contributed by atoms with E-state index >= 15 is 0 Å². The average molecular weight is 317 g/mol. The van der Waals surface area contributed by atoms with Crippen LogP contribution in [-0.2, 0) is 11.2 Å². The van der Waals surface area contributed by atoms with Crippen LogP contribution in [0.15, 0.2) is 35.8 Å². The van der Waals surface area contributed by atoms with Gasteiger partial charge in [-0.05, 0) is 38.9 Å². The molecule has 1 unspecified atom stereocenters. The predicted molar refractivity (Wildman–Crippen MR) is 92.3 cm³/mol. The van der Waals surface area contributed by atoms with Gasteiger partial charge in [-0.3, -0.25) is 9.69 Å². The number of thiazole rings is 1. The van der Waals surface area contributed by atoms with Crippen LogP contribution in [0.25, 0.3) is 0 Å². The topological polar surface area (TPSA) is 45.2 Å². The van der Waals surface area contributed by atoms with Crippen LogP contribution < -0.4 is 5.32 Å². The van der Waals surface area contributed by atoms with Crippen LogP contribution in [0.5, 0.6) is 0 Å². The molecule has 1 heterocycles.